The Morgan fingerprint density at radius 1 is 1.00 bits per heavy atom. The van der Waals surface area contributed by atoms with Crippen molar-refractivity contribution in [2.75, 3.05) is 0 Å². The number of nitrogens with zero attached hydrogens (tertiary/aromatic N) is 2. The summed E-state index contributed by atoms with van der Waals surface area (Å²) in [5, 5.41) is 2.99. The maximum absolute atomic E-state index is 13.3. The number of aromatic nitrogens is 1. The molecule has 2 aliphatic rings. The molecule has 2 unspecified atom stereocenters. The minimum Gasteiger partial charge on any atom is -0.361 e. The Morgan fingerprint density at radius 2 is 1.77 bits per heavy atom. The maximum Gasteiger partial charge on any atom is 0.418 e. The molecule has 4 rings (SSSR count). The highest BCUT2D eigenvalue weighted by Crippen LogP contribution is 2.37. The molecule has 2 atom stereocenters. The fourth-order valence-electron chi connectivity index (χ4n) is 3.32. The van der Waals surface area contributed by atoms with E-state index in [2.05, 4.69) is 15.3 Å². The topological polar surface area (TPSA) is 37.3 Å². The van der Waals surface area contributed by atoms with Crippen LogP contribution in [0.3, 0.4) is 0 Å². The summed E-state index contributed by atoms with van der Waals surface area (Å²) in [6, 6.07) is 5.10. The molecule has 0 spiro atoms. The zero-order chi connectivity index (χ0) is 21.7. The van der Waals surface area contributed by atoms with E-state index in [-0.39, 0.29) is 22.1 Å². The molecule has 30 heavy (non-hydrogen) atoms. The highest BCUT2D eigenvalue weighted by atomic mass is 35.5. The molecule has 1 N–H and O–H groups in total. The van der Waals surface area contributed by atoms with Crippen molar-refractivity contribution in [1.29, 1.82) is 0 Å². The number of allylic oxidation sites excluding steroid dienone is 2. The Hall–Kier alpha value is -2.81. The van der Waals surface area contributed by atoms with Gasteiger partial charge in [0.2, 0.25) is 0 Å². The maximum atomic E-state index is 13.3. The number of aliphatic imine (C=N–C) groups is 1. The molecule has 1 aliphatic heterocycles. The normalized spacial score (nSPS) is 21.0. The first kappa shape index (κ1) is 20.5. The van der Waals surface area contributed by atoms with Gasteiger partial charge in [0.1, 0.15) is 5.84 Å². The van der Waals surface area contributed by atoms with Crippen LogP contribution in [0.4, 0.5) is 26.3 Å². The molecule has 10 heteroatoms. The van der Waals surface area contributed by atoms with Gasteiger partial charge >= 0.3 is 12.4 Å². The molecule has 1 aromatic heterocycles. The summed E-state index contributed by atoms with van der Waals surface area (Å²) >= 11 is 6.28. The molecule has 0 saturated carbocycles. The van der Waals surface area contributed by atoms with Gasteiger partial charge in [0.05, 0.1) is 33.9 Å². The monoisotopic (exact) mass is 443 g/mol. The van der Waals surface area contributed by atoms with Crippen LogP contribution in [0.1, 0.15) is 11.1 Å². The van der Waals surface area contributed by atoms with Gasteiger partial charge in [-0.15, -0.1) is 0 Å². The van der Waals surface area contributed by atoms with Crippen LogP contribution < -0.4 is 5.32 Å². The molecule has 0 radical (unpaired) electrons. The number of benzene rings is 1. The Labute approximate surface area is 171 Å². The van der Waals surface area contributed by atoms with Crippen LogP contribution in [0, 0.1) is 0 Å². The number of halogens is 7. The first-order chi connectivity index (χ1) is 14.0. The number of hydrogen-bond donors (Lipinski definition) is 1. The highest BCUT2D eigenvalue weighted by molar-refractivity contribution is 6.34. The van der Waals surface area contributed by atoms with Gasteiger partial charge in [-0.05, 0) is 30.3 Å². The fraction of sp³-hybridized carbons (Fsp3) is 0.200. The Bertz CT molecular complexity index is 1080. The third-order valence-electron chi connectivity index (χ3n) is 4.72. The smallest absolute Gasteiger partial charge is 0.361 e. The zero-order valence-corrected chi connectivity index (χ0v) is 15.6. The second-order valence-corrected chi connectivity index (χ2v) is 7.12. The van der Waals surface area contributed by atoms with E-state index in [9.17, 15) is 26.3 Å². The molecular formula is C20H12ClF6N3. The summed E-state index contributed by atoms with van der Waals surface area (Å²) < 4.78 is 78.5. The van der Waals surface area contributed by atoms with Crippen molar-refractivity contribution in [3.8, 4) is 11.3 Å². The highest BCUT2D eigenvalue weighted by Gasteiger charge is 2.38. The van der Waals surface area contributed by atoms with Gasteiger partial charge in [0.15, 0.2) is 0 Å². The number of nitrogens with one attached hydrogen (secondary N) is 1. The molecule has 156 valence electrons. The Morgan fingerprint density at radius 3 is 2.43 bits per heavy atom. The lowest BCUT2D eigenvalue weighted by Gasteiger charge is -2.19. The third kappa shape index (κ3) is 3.81. The minimum atomic E-state index is -4.59. The summed E-state index contributed by atoms with van der Waals surface area (Å²) in [4.78, 5) is 8.17. The van der Waals surface area contributed by atoms with Crippen LogP contribution in [-0.4, -0.2) is 29.1 Å². The number of alkyl halides is 6. The lowest BCUT2D eigenvalue weighted by molar-refractivity contribution is -0.137. The van der Waals surface area contributed by atoms with E-state index < -0.39 is 35.6 Å². The number of pyridine rings is 1. The van der Waals surface area contributed by atoms with Crippen LogP contribution in [0.15, 0.2) is 65.3 Å². The van der Waals surface area contributed by atoms with Crippen molar-refractivity contribution in [3.63, 3.8) is 0 Å². The molecule has 0 saturated heterocycles. The molecule has 0 fully saturated rings. The zero-order valence-electron chi connectivity index (χ0n) is 14.9. The standard InChI is InChI=1S/C20H12ClF6N3/c21-14-8-10(17-13(20(25,26)27)2-1-7-28-17)3-5-12(14)18-29-15-6-4-11(19(22,23)24)9-16(15)30-18/h1-9,15-16H,(H,29,30). The molecule has 3 nitrogen and oxygen atoms in total. The van der Waals surface area contributed by atoms with E-state index in [1.165, 1.54) is 36.5 Å². The summed E-state index contributed by atoms with van der Waals surface area (Å²) in [6.07, 6.45) is -4.44. The molecule has 1 aromatic carbocycles. The predicted octanol–water partition coefficient (Wildman–Crippen LogP) is 5.57. The lowest BCUT2D eigenvalue weighted by Crippen LogP contribution is -2.35. The van der Waals surface area contributed by atoms with Gasteiger partial charge in [0.25, 0.3) is 0 Å². The second kappa shape index (κ2) is 7.16. The second-order valence-electron chi connectivity index (χ2n) is 6.71. The molecular weight excluding hydrogens is 432 g/mol. The van der Waals surface area contributed by atoms with E-state index in [1.807, 2.05) is 0 Å². The van der Waals surface area contributed by atoms with Crippen LogP contribution in [0.5, 0.6) is 0 Å². The van der Waals surface area contributed by atoms with Gasteiger partial charge < -0.3 is 5.32 Å². The first-order valence-corrected chi connectivity index (χ1v) is 9.06. The van der Waals surface area contributed by atoms with Crippen molar-refractivity contribution in [2.24, 2.45) is 4.99 Å². The molecule has 2 aromatic rings. The van der Waals surface area contributed by atoms with Gasteiger partial charge in [-0.25, -0.2) is 0 Å². The quantitative estimate of drug-likeness (QED) is 0.616. The molecule has 1 aliphatic carbocycles. The Kier molecular flexibility index (Phi) is 4.88. The van der Waals surface area contributed by atoms with Crippen LogP contribution in [-0.2, 0) is 6.18 Å². The van der Waals surface area contributed by atoms with E-state index in [0.717, 1.165) is 18.2 Å². The van der Waals surface area contributed by atoms with Crippen LogP contribution in [0.2, 0.25) is 5.02 Å². The molecule has 2 heterocycles. The molecule has 0 bridgehead atoms. The van der Waals surface area contributed by atoms with Crippen molar-refractivity contribution in [3.05, 3.63) is 76.5 Å². The fourth-order valence-corrected chi connectivity index (χ4v) is 3.59. The van der Waals surface area contributed by atoms with Crippen LogP contribution >= 0.6 is 11.6 Å². The summed E-state index contributed by atoms with van der Waals surface area (Å²) in [6.45, 7) is 0. The van der Waals surface area contributed by atoms with Gasteiger partial charge in [-0.3, -0.25) is 9.98 Å². The third-order valence-corrected chi connectivity index (χ3v) is 5.03. The first-order valence-electron chi connectivity index (χ1n) is 8.68. The van der Waals surface area contributed by atoms with E-state index in [4.69, 9.17) is 11.6 Å². The van der Waals surface area contributed by atoms with Gasteiger partial charge in [0, 0.05) is 17.3 Å². The number of hydrogen-bond acceptors (Lipinski definition) is 3. The lowest BCUT2D eigenvalue weighted by atomic mass is 9.99. The summed E-state index contributed by atoms with van der Waals surface area (Å²) in [5.41, 5.74) is -1.41. The van der Waals surface area contributed by atoms with Gasteiger partial charge in [-0.2, -0.15) is 26.3 Å². The summed E-state index contributed by atoms with van der Waals surface area (Å²) in [7, 11) is 0. The van der Waals surface area contributed by atoms with Crippen molar-refractivity contribution < 1.29 is 26.3 Å². The van der Waals surface area contributed by atoms with Crippen molar-refractivity contribution >= 4 is 17.4 Å². The van der Waals surface area contributed by atoms with Crippen LogP contribution in [0.25, 0.3) is 11.3 Å². The SMILES string of the molecule is FC(F)(F)C1=CC2NC(c3ccc(-c4ncccc4C(F)(F)F)cc3Cl)=NC2C=C1. The van der Waals surface area contributed by atoms with Gasteiger partial charge in [-0.1, -0.05) is 29.8 Å². The van der Waals surface area contributed by atoms with Crippen molar-refractivity contribution in [2.45, 2.75) is 24.4 Å². The number of fused-ring (bicyclic) bond motifs is 1. The largest absolute Gasteiger partial charge is 0.418 e. The summed E-state index contributed by atoms with van der Waals surface area (Å²) in [5.74, 6) is 0.267. The molecule has 0 amide bonds. The van der Waals surface area contributed by atoms with E-state index in [1.54, 1.807) is 0 Å². The average Bonchev–Trinajstić information content (AvgIpc) is 3.09. The predicted molar refractivity (Wildman–Crippen MR) is 100 cm³/mol. The van der Waals surface area contributed by atoms with E-state index >= 15 is 0 Å². The average molecular weight is 444 g/mol. The number of rotatable bonds is 2. The van der Waals surface area contributed by atoms with E-state index in [0.29, 0.717) is 5.56 Å². The Balaban J connectivity index is 1.64. The number of amidine groups is 1. The van der Waals surface area contributed by atoms with Crippen molar-refractivity contribution in [1.82, 2.24) is 10.3 Å². The minimum absolute atomic E-state index is 0.0974.